The molecule has 23 heavy (non-hydrogen) atoms. The Balaban J connectivity index is 1.93. The van der Waals surface area contributed by atoms with Crippen LogP contribution < -0.4 is 10.6 Å². The second-order valence-electron chi connectivity index (χ2n) is 6.03. The third-order valence-corrected chi connectivity index (χ3v) is 3.92. The zero-order valence-electron chi connectivity index (χ0n) is 13.2. The van der Waals surface area contributed by atoms with E-state index in [-0.39, 0.29) is 18.5 Å². The van der Waals surface area contributed by atoms with Gasteiger partial charge >= 0.3 is 6.03 Å². The molecular formula is C16H22F2N2O3. The highest BCUT2D eigenvalue weighted by Crippen LogP contribution is 2.29. The van der Waals surface area contributed by atoms with E-state index < -0.39 is 29.9 Å². The van der Waals surface area contributed by atoms with E-state index in [1.54, 1.807) is 0 Å². The van der Waals surface area contributed by atoms with Gasteiger partial charge in [0, 0.05) is 13.2 Å². The van der Waals surface area contributed by atoms with Crippen molar-refractivity contribution < 1.29 is 23.4 Å². The van der Waals surface area contributed by atoms with Crippen molar-refractivity contribution in [3.8, 4) is 0 Å². The number of ether oxygens (including phenoxy) is 1. The summed E-state index contributed by atoms with van der Waals surface area (Å²) in [4.78, 5) is 11.9. The number of aliphatic hydroxyl groups excluding tert-OH is 1. The summed E-state index contributed by atoms with van der Waals surface area (Å²) in [6.07, 6.45) is -0.572. The SMILES string of the molecule is CC(C)[C@H](O)CNC(=O)N[C@H]1CCO[C@@H]1c1ccc(F)c(F)c1. The molecule has 3 N–H and O–H groups in total. The molecule has 1 aromatic carbocycles. The van der Waals surface area contributed by atoms with Crippen molar-refractivity contribution in [2.24, 2.45) is 5.92 Å². The minimum Gasteiger partial charge on any atom is -0.391 e. The van der Waals surface area contributed by atoms with Gasteiger partial charge in [0.05, 0.1) is 12.1 Å². The van der Waals surface area contributed by atoms with E-state index in [0.717, 1.165) is 12.1 Å². The third kappa shape index (κ3) is 4.62. The predicted octanol–water partition coefficient (Wildman–Crippen LogP) is 2.11. The number of urea groups is 1. The van der Waals surface area contributed by atoms with Crippen LogP contribution in [0.3, 0.4) is 0 Å². The van der Waals surface area contributed by atoms with Gasteiger partial charge in [0.2, 0.25) is 0 Å². The number of amides is 2. The molecular weight excluding hydrogens is 306 g/mol. The Kier molecular flexibility index (Phi) is 5.90. The zero-order valence-corrected chi connectivity index (χ0v) is 13.2. The van der Waals surface area contributed by atoms with Crippen LogP contribution in [0.5, 0.6) is 0 Å². The first-order valence-electron chi connectivity index (χ1n) is 7.67. The highest BCUT2D eigenvalue weighted by atomic mass is 19.2. The molecule has 5 nitrogen and oxygen atoms in total. The number of benzene rings is 1. The first-order chi connectivity index (χ1) is 10.9. The number of rotatable bonds is 5. The van der Waals surface area contributed by atoms with Crippen molar-refractivity contribution in [2.75, 3.05) is 13.2 Å². The van der Waals surface area contributed by atoms with E-state index in [0.29, 0.717) is 18.6 Å². The van der Waals surface area contributed by atoms with Gasteiger partial charge in [-0.2, -0.15) is 0 Å². The highest BCUT2D eigenvalue weighted by Gasteiger charge is 2.31. The summed E-state index contributed by atoms with van der Waals surface area (Å²) in [7, 11) is 0. The van der Waals surface area contributed by atoms with E-state index in [4.69, 9.17) is 4.74 Å². The predicted molar refractivity (Wildman–Crippen MR) is 80.8 cm³/mol. The average Bonchev–Trinajstić information content (AvgIpc) is 2.95. The second-order valence-corrected chi connectivity index (χ2v) is 6.03. The molecule has 0 aromatic heterocycles. The maximum atomic E-state index is 13.3. The van der Waals surface area contributed by atoms with Crippen LogP contribution in [0, 0.1) is 17.6 Å². The fourth-order valence-corrected chi connectivity index (χ4v) is 2.41. The molecule has 2 amide bonds. The molecule has 0 saturated carbocycles. The minimum atomic E-state index is -0.943. The lowest BCUT2D eigenvalue weighted by Crippen LogP contribution is -2.46. The van der Waals surface area contributed by atoms with Gasteiger partial charge in [-0.05, 0) is 30.0 Å². The Bertz CT molecular complexity index is 554. The third-order valence-electron chi connectivity index (χ3n) is 3.92. The Hall–Kier alpha value is -1.73. The van der Waals surface area contributed by atoms with Gasteiger partial charge in [-0.3, -0.25) is 0 Å². The molecule has 1 aromatic rings. The molecule has 1 heterocycles. The maximum absolute atomic E-state index is 13.3. The van der Waals surface area contributed by atoms with Crippen molar-refractivity contribution in [1.82, 2.24) is 10.6 Å². The summed E-state index contributed by atoms with van der Waals surface area (Å²) in [5.41, 5.74) is 0.480. The van der Waals surface area contributed by atoms with E-state index in [9.17, 15) is 18.7 Å². The van der Waals surface area contributed by atoms with Gasteiger partial charge < -0.3 is 20.5 Å². The molecule has 1 fully saturated rings. The van der Waals surface area contributed by atoms with Crippen molar-refractivity contribution in [1.29, 1.82) is 0 Å². The van der Waals surface area contributed by atoms with Gasteiger partial charge in [0.1, 0.15) is 6.10 Å². The summed E-state index contributed by atoms with van der Waals surface area (Å²) < 4.78 is 31.9. The van der Waals surface area contributed by atoms with Crippen LogP contribution in [-0.2, 0) is 4.74 Å². The Morgan fingerprint density at radius 3 is 2.78 bits per heavy atom. The van der Waals surface area contributed by atoms with Crippen LogP contribution in [0.15, 0.2) is 18.2 Å². The van der Waals surface area contributed by atoms with E-state index in [1.807, 2.05) is 13.8 Å². The summed E-state index contributed by atoms with van der Waals surface area (Å²) in [6, 6.07) is 2.82. The number of hydrogen-bond acceptors (Lipinski definition) is 3. The number of nitrogens with one attached hydrogen (secondary N) is 2. The molecule has 7 heteroatoms. The standard InChI is InChI=1S/C16H22F2N2O3/c1-9(2)14(21)8-19-16(22)20-13-5-6-23-15(13)10-3-4-11(17)12(18)7-10/h3-4,7,9,13-15,21H,5-6,8H2,1-2H3,(H2,19,20,22)/t13-,14+,15+/m0/s1. The van der Waals surface area contributed by atoms with Gasteiger partial charge in [-0.1, -0.05) is 19.9 Å². The first-order valence-corrected chi connectivity index (χ1v) is 7.67. The molecule has 1 aliphatic rings. The quantitative estimate of drug-likeness (QED) is 0.775. The highest BCUT2D eigenvalue weighted by molar-refractivity contribution is 5.74. The molecule has 128 valence electrons. The average molecular weight is 328 g/mol. The van der Waals surface area contributed by atoms with Crippen molar-refractivity contribution >= 4 is 6.03 Å². The second kappa shape index (κ2) is 7.70. The Morgan fingerprint density at radius 2 is 2.13 bits per heavy atom. The number of hydrogen-bond donors (Lipinski definition) is 3. The van der Waals surface area contributed by atoms with E-state index in [2.05, 4.69) is 10.6 Å². The van der Waals surface area contributed by atoms with E-state index >= 15 is 0 Å². The summed E-state index contributed by atoms with van der Waals surface area (Å²) in [5.74, 6) is -1.82. The van der Waals surface area contributed by atoms with Crippen molar-refractivity contribution in [3.63, 3.8) is 0 Å². The molecule has 0 radical (unpaired) electrons. The van der Waals surface area contributed by atoms with Crippen LogP contribution >= 0.6 is 0 Å². The lowest BCUT2D eigenvalue weighted by molar-refractivity contribution is 0.0987. The fourth-order valence-electron chi connectivity index (χ4n) is 2.41. The molecule has 3 atom stereocenters. The van der Waals surface area contributed by atoms with Crippen molar-refractivity contribution in [2.45, 2.75) is 38.5 Å². The maximum Gasteiger partial charge on any atom is 0.315 e. The largest absolute Gasteiger partial charge is 0.391 e. The number of carbonyl (C=O) groups is 1. The Morgan fingerprint density at radius 1 is 1.39 bits per heavy atom. The van der Waals surface area contributed by atoms with Gasteiger partial charge in [-0.25, -0.2) is 13.6 Å². The number of aliphatic hydroxyl groups is 1. The molecule has 0 aliphatic carbocycles. The van der Waals surface area contributed by atoms with Crippen LogP contribution in [0.25, 0.3) is 0 Å². The molecule has 2 rings (SSSR count). The van der Waals surface area contributed by atoms with Gasteiger partial charge in [0.15, 0.2) is 11.6 Å². The van der Waals surface area contributed by atoms with Crippen LogP contribution in [0.2, 0.25) is 0 Å². The van der Waals surface area contributed by atoms with Crippen LogP contribution in [0.1, 0.15) is 31.9 Å². The van der Waals surface area contributed by atoms with Crippen molar-refractivity contribution in [3.05, 3.63) is 35.4 Å². The fraction of sp³-hybridized carbons (Fsp3) is 0.562. The van der Waals surface area contributed by atoms with Gasteiger partial charge in [-0.15, -0.1) is 0 Å². The van der Waals surface area contributed by atoms with Crippen LogP contribution in [-0.4, -0.2) is 36.4 Å². The first kappa shape index (κ1) is 17.6. The monoisotopic (exact) mass is 328 g/mol. The normalized spacial score (nSPS) is 22.2. The molecule has 1 aliphatic heterocycles. The topological polar surface area (TPSA) is 70.6 Å². The molecule has 0 bridgehead atoms. The Labute approximate surface area is 134 Å². The number of halogens is 2. The summed E-state index contributed by atoms with van der Waals surface area (Å²) in [5, 5.41) is 15.0. The summed E-state index contributed by atoms with van der Waals surface area (Å²) in [6.45, 7) is 4.28. The molecule has 0 spiro atoms. The smallest absolute Gasteiger partial charge is 0.315 e. The minimum absolute atomic E-state index is 0.0417. The van der Waals surface area contributed by atoms with Gasteiger partial charge in [0.25, 0.3) is 0 Å². The summed E-state index contributed by atoms with van der Waals surface area (Å²) >= 11 is 0. The van der Waals surface area contributed by atoms with Crippen LogP contribution in [0.4, 0.5) is 13.6 Å². The molecule has 1 saturated heterocycles. The molecule has 0 unspecified atom stereocenters. The lowest BCUT2D eigenvalue weighted by Gasteiger charge is -2.21. The zero-order chi connectivity index (χ0) is 17.0. The number of carbonyl (C=O) groups excluding carboxylic acids is 1. The lowest BCUT2D eigenvalue weighted by atomic mass is 10.0. The van der Waals surface area contributed by atoms with E-state index in [1.165, 1.54) is 6.07 Å².